The number of hydrogen-bond donors (Lipinski definition) is 0. The monoisotopic (exact) mass is 446 g/mol. The van der Waals surface area contributed by atoms with Crippen molar-refractivity contribution in [1.82, 2.24) is 29.9 Å². The van der Waals surface area contributed by atoms with Crippen molar-refractivity contribution in [2.24, 2.45) is 0 Å². The Morgan fingerprint density at radius 2 is 1.87 bits per heavy atom. The number of para-hydroxylation sites is 1. The summed E-state index contributed by atoms with van der Waals surface area (Å²) in [6.07, 6.45) is 8.81. The van der Waals surface area contributed by atoms with E-state index in [1.165, 1.54) is 4.80 Å². The first kappa shape index (κ1) is 19.5. The van der Waals surface area contributed by atoms with Gasteiger partial charge in [0.15, 0.2) is 5.82 Å². The summed E-state index contributed by atoms with van der Waals surface area (Å²) in [5.74, 6) is 0.472. The van der Waals surface area contributed by atoms with Gasteiger partial charge in [0, 0.05) is 42.4 Å². The minimum Gasteiger partial charge on any atom is -0.299 e. The summed E-state index contributed by atoms with van der Waals surface area (Å²) in [7, 11) is 0. The van der Waals surface area contributed by atoms with Gasteiger partial charge in [-0.15, -0.1) is 16.1 Å². The molecule has 1 aromatic carbocycles. The predicted molar refractivity (Wildman–Crippen MR) is 119 cm³/mol. The molecule has 0 unspecified atom stereocenters. The number of Topliss-reactive ketones (excluding diaryl/α,β-unsaturated/α-hetero) is 1. The summed E-state index contributed by atoms with van der Waals surface area (Å²) in [5.41, 5.74) is 5.31. The lowest BCUT2D eigenvalue weighted by Gasteiger charge is -2.11. The van der Waals surface area contributed by atoms with E-state index in [1.54, 1.807) is 47.7 Å². The second-order valence-electron chi connectivity index (χ2n) is 6.90. The number of rotatable bonds is 6. The molecule has 31 heavy (non-hydrogen) atoms. The molecule has 9 heteroatoms. The zero-order valence-electron chi connectivity index (χ0n) is 16.1. The Balaban J connectivity index is 1.42. The van der Waals surface area contributed by atoms with E-state index in [4.69, 9.17) is 11.6 Å². The maximum atomic E-state index is 12.9. The van der Waals surface area contributed by atoms with Crippen molar-refractivity contribution in [3.8, 4) is 16.3 Å². The number of nitrogens with zero attached hydrogens (tertiary/aromatic N) is 6. The van der Waals surface area contributed by atoms with Crippen molar-refractivity contribution in [2.75, 3.05) is 0 Å². The van der Waals surface area contributed by atoms with Crippen LogP contribution in [0.4, 0.5) is 0 Å². The maximum absolute atomic E-state index is 12.9. The molecule has 0 fully saturated rings. The van der Waals surface area contributed by atoms with Gasteiger partial charge in [-0.25, -0.2) is 4.98 Å². The number of pyridine rings is 2. The third-order valence-corrected chi connectivity index (χ3v) is 5.88. The second kappa shape index (κ2) is 8.33. The lowest BCUT2D eigenvalue weighted by atomic mass is 9.97. The van der Waals surface area contributed by atoms with Crippen molar-refractivity contribution in [3.63, 3.8) is 0 Å². The standard InChI is InChI=1S/C22H15ClN6OS/c23-18-8-14(10-26-22(18)29-27-5-6-28-29)7-16(30)9-15-11-25-19-4-2-1-3-17(19)21(15)20-12-24-13-31-20/h1-6,8,10-13H,7,9H2. The number of thiazole rings is 1. The van der Waals surface area contributed by atoms with E-state index in [2.05, 4.69) is 25.1 Å². The molecule has 0 aliphatic rings. The van der Waals surface area contributed by atoms with Crippen LogP contribution in [0.2, 0.25) is 5.02 Å². The summed E-state index contributed by atoms with van der Waals surface area (Å²) in [6.45, 7) is 0. The fourth-order valence-electron chi connectivity index (χ4n) is 3.49. The van der Waals surface area contributed by atoms with Crippen molar-refractivity contribution in [3.05, 3.63) is 83.0 Å². The Bertz CT molecular complexity index is 1370. The molecule has 4 aromatic heterocycles. The summed E-state index contributed by atoms with van der Waals surface area (Å²) in [6, 6.07) is 9.65. The molecule has 0 N–H and O–H groups in total. The van der Waals surface area contributed by atoms with Crippen LogP contribution in [0, 0.1) is 0 Å². The number of fused-ring (bicyclic) bond motifs is 1. The molecule has 0 bridgehead atoms. The normalized spacial score (nSPS) is 11.1. The number of ketones is 1. The topological polar surface area (TPSA) is 86.5 Å². The number of carbonyl (C=O) groups excluding carboxylic acids is 1. The highest BCUT2D eigenvalue weighted by molar-refractivity contribution is 7.13. The van der Waals surface area contributed by atoms with Crippen LogP contribution in [0.25, 0.3) is 27.2 Å². The highest BCUT2D eigenvalue weighted by atomic mass is 35.5. The van der Waals surface area contributed by atoms with E-state index >= 15 is 0 Å². The molecule has 7 nitrogen and oxygen atoms in total. The Morgan fingerprint density at radius 1 is 1.03 bits per heavy atom. The molecule has 152 valence electrons. The number of carbonyl (C=O) groups is 1. The fraction of sp³-hybridized carbons (Fsp3) is 0.0909. The SMILES string of the molecule is O=C(Cc1cnc(-n2nccn2)c(Cl)c1)Cc1cnc2ccccc2c1-c1cncs1. The van der Waals surface area contributed by atoms with Gasteiger partial charge in [-0.2, -0.15) is 10.2 Å². The molecule has 5 rings (SSSR count). The first-order valence-electron chi connectivity index (χ1n) is 9.47. The molecule has 0 saturated heterocycles. The molecule has 0 aliphatic heterocycles. The number of benzene rings is 1. The van der Waals surface area contributed by atoms with Gasteiger partial charge in [-0.3, -0.25) is 14.8 Å². The number of aromatic nitrogens is 6. The lowest BCUT2D eigenvalue weighted by molar-refractivity contribution is -0.117. The quantitative estimate of drug-likeness (QED) is 0.385. The zero-order valence-corrected chi connectivity index (χ0v) is 17.7. The number of hydrogen-bond acceptors (Lipinski definition) is 7. The van der Waals surface area contributed by atoms with E-state index in [-0.39, 0.29) is 18.6 Å². The van der Waals surface area contributed by atoms with Crippen molar-refractivity contribution in [1.29, 1.82) is 0 Å². The van der Waals surface area contributed by atoms with E-state index in [1.807, 2.05) is 30.5 Å². The highest BCUT2D eigenvalue weighted by Gasteiger charge is 2.16. The minimum atomic E-state index is 0.0469. The molecule has 0 atom stereocenters. The smallest absolute Gasteiger partial charge is 0.193 e. The van der Waals surface area contributed by atoms with Gasteiger partial charge in [0.2, 0.25) is 0 Å². The first-order valence-corrected chi connectivity index (χ1v) is 10.7. The average molecular weight is 447 g/mol. The molecule has 0 saturated carbocycles. The van der Waals surface area contributed by atoms with E-state index in [9.17, 15) is 4.79 Å². The third kappa shape index (κ3) is 3.95. The minimum absolute atomic E-state index is 0.0469. The summed E-state index contributed by atoms with van der Waals surface area (Å²) in [5, 5.41) is 9.47. The van der Waals surface area contributed by atoms with E-state index < -0.39 is 0 Å². The maximum Gasteiger partial charge on any atom is 0.193 e. The van der Waals surface area contributed by atoms with Crippen molar-refractivity contribution >= 4 is 39.6 Å². The van der Waals surface area contributed by atoms with Crippen LogP contribution >= 0.6 is 22.9 Å². The predicted octanol–water partition coefficient (Wildman–Crippen LogP) is 4.34. The van der Waals surface area contributed by atoms with Crippen LogP contribution in [0.5, 0.6) is 0 Å². The molecule has 0 spiro atoms. The molecule has 4 heterocycles. The van der Waals surface area contributed by atoms with Crippen LogP contribution < -0.4 is 0 Å². The Labute approximate surface area is 186 Å². The summed E-state index contributed by atoms with van der Waals surface area (Å²) in [4.78, 5) is 28.4. The first-order chi connectivity index (χ1) is 15.2. The second-order valence-corrected chi connectivity index (χ2v) is 8.19. The molecule has 0 aliphatic carbocycles. The van der Waals surface area contributed by atoms with Gasteiger partial charge in [0.25, 0.3) is 0 Å². The van der Waals surface area contributed by atoms with Crippen LogP contribution in [0.3, 0.4) is 0 Å². The Hall–Kier alpha value is -3.49. The van der Waals surface area contributed by atoms with E-state index in [0.717, 1.165) is 32.5 Å². The van der Waals surface area contributed by atoms with Crippen LogP contribution in [-0.2, 0) is 17.6 Å². The van der Waals surface area contributed by atoms with Gasteiger partial charge < -0.3 is 0 Å². The molecule has 0 radical (unpaired) electrons. The van der Waals surface area contributed by atoms with Crippen LogP contribution in [0.1, 0.15) is 11.1 Å². The van der Waals surface area contributed by atoms with Gasteiger partial charge in [0.1, 0.15) is 5.78 Å². The largest absolute Gasteiger partial charge is 0.299 e. The van der Waals surface area contributed by atoms with Crippen molar-refractivity contribution < 1.29 is 4.79 Å². The van der Waals surface area contributed by atoms with Crippen LogP contribution in [-0.4, -0.2) is 35.7 Å². The van der Waals surface area contributed by atoms with Gasteiger partial charge >= 0.3 is 0 Å². The average Bonchev–Trinajstić information content (AvgIpc) is 3.48. The summed E-state index contributed by atoms with van der Waals surface area (Å²) >= 11 is 7.88. The molecule has 0 amide bonds. The van der Waals surface area contributed by atoms with Crippen LogP contribution in [0.15, 0.2) is 66.8 Å². The summed E-state index contributed by atoms with van der Waals surface area (Å²) < 4.78 is 0. The molecular formula is C22H15ClN6OS. The molecule has 5 aromatic rings. The van der Waals surface area contributed by atoms with Crippen molar-refractivity contribution in [2.45, 2.75) is 12.8 Å². The Kier molecular flexibility index (Phi) is 5.23. The fourth-order valence-corrected chi connectivity index (χ4v) is 4.47. The van der Waals surface area contributed by atoms with Gasteiger partial charge in [0.05, 0.1) is 33.3 Å². The third-order valence-electron chi connectivity index (χ3n) is 4.81. The van der Waals surface area contributed by atoms with Gasteiger partial charge in [-0.05, 0) is 23.3 Å². The van der Waals surface area contributed by atoms with Gasteiger partial charge in [-0.1, -0.05) is 29.8 Å². The zero-order chi connectivity index (χ0) is 21.2. The Morgan fingerprint density at radius 3 is 2.65 bits per heavy atom. The lowest BCUT2D eigenvalue weighted by Crippen LogP contribution is -2.09. The number of halogens is 1. The van der Waals surface area contributed by atoms with E-state index in [0.29, 0.717) is 10.8 Å². The highest BCUT2D eigenvalue weighted by Crippen LogP contribution is 2.33. The molecular weight excluding hydrogens is 432 g/mol.